The predicted octanol–water partition coefficient (Wildman–Crippen LogP) is 2.07. The van der Waals surface area contributed by atoms with E-state index in [4.69, 9.17) is 0 Å². The Morgan fingerprint density at radius 3 is 2.42 bits per heavy atom. The first-order valence-corrected chi connectivity index (χ1v) is 9.59. The standard InChI is InChI=1S/C18H17FN2O4S/c1-12-11-26(24,25)21(18(12)23)15-8-6-13(7-9-15)17(22)20-10-14-4-2-3-5-16(14)19/h2-9,12H,10-11H2,1H3,(H,20,22)/t12-/m1/s1. The molecule has 1 N–H and O–H groups in total. The van der Waals surface area contributed by atoms with Crippen molar-refractivity contribution in [2.45, 2.75) is 13.5 Å². The van der Waals surface area contributed by atoms with Crippen molar-refractivity contribution in [3.8, 4) is 0 Å². The molecule has 1 aliphatic rings. The van der Waals surface area contributed by atoms with Crippen molar-refractivity contribution in [3.63, 3.8) is 0 Å². The van der Waals surface area contributed by atoms with Crippen LogP contribution in [0.5, 0.6) is 0 Å². The minimum atomic E-state index is -3.68. The van der Waals surface area contributed by atoms with Crippen LogP contribution in [0.15, 0.2) is 48.5 Å². The quantitative estimate of drug-likeness (QED) is 0.885. The Morgan fingerprint density at radius 2 is 1.85 bits per heavy atom. The SMILES string of the molecule is C[C@@H]1CS(=O)(=O)N(c2ccc(C(=O)NCc3ccccc3F)cc2)C1=O. The number of halogens is 1. The third-order valence-electron chi connectivity index (χ3n) is 4.12. The second-order valence-corrected chi connectivity index (χ2v) is 7.97. The van der Waals surface area contributed by atoms with Gasteiger partial charge in [-0.1, -0.05) is 25.1 Å². The van der Waals surface area contributed by atoms with Crippen molar-refractivity contribution < 1.29 is 22.4 Å². The van der Waals surface area contributed by atoms with Gasteiger partial charge in [0.1, 0.15) is 5.82 Å². The summed E-state index contributed by atoms with van der Waals surface area (Å²) in [6.45, 7) is 1.59. The molecule has 1 heterocycles. The molecule has 26 heavy (non-hydrogen) atoms. The van der Waals surface area contributed by atoms with Gasteiger partial charge in [0, 0.05) is 17.7 Å². The number of carbonyl (C=O) groups excluding carboxylic acids is 2. The van der Waals surface area contributed by atoms with E-state index in [0.717, 1.165) is 4.31 Å². The zero-order valence-electron chi connectivity index (χ0n) is 14.0. The van der Waals surface area contributed by atoms with Crippen LogP contribution < -0.4 is 9.62 Å². The van der Waals surface area contributed by atoms with Gasteiger partial charge in [-0.25, -0.2) is 17.1 Å². The summed E-state index contributed by atoms with van der Waals surface area (Å²) in [7, 11) is -3.68. The topological polar surface area (TPSA) is 83.6 Å². The number of nitrogens with one attached hydrogen (secondary N) is 1. The smallest absolute Gasteiger partial charge is 0.251 e. The number of amides is 2. The summed E-state index contributed by atoms with van der Waals surface area (Å²) >= 11 is 0. The van der Waals surface area contributed by atoms with E-state index in [9.17, 15) is 22.4 Å². The van der Waals surface area contributed by atoms with Crippen LogP contribution in [0.2, 0.25) is 0 Å². The molecule has 8 heteroatoms. The predicted molar refractivity (Wildman–Crippen MR) is 94.4 cm³/mol. The van der Waals surface area contributed by atoms with E-state index < -0.39 is 33.6 Å². The van der Waals surface area contributed by atoms with Gasteiger partial charge in [-0.15, -0.1) is 0 Å². The van der Waals surface area contributed by atoms with Crippen LogP contribution in [-0.4, -0.2) is 26.0 Å². The molecule has 0 radical (unpaired) electrons. The third kappa shape index (κ3) is 3.45. The van der Waals surface area contributed by atoms with E-state index in [1.54, 1.807) is 25.1 Å². The van der Waals surface area contributed by atoms with E-state index in [0.29, 0.717) is 5.56 Å². The Bertz CT molecular complexity index is 957. The van der Waals surface area contributed by atoms with Crippen LogP contribution in [0, 0.1) is 11.7 Å². The fraction of sp³-hybridized carbons (Fsp3) is 0.222. The van der Waals surface area contributed by atoms with Crippen molar-refractivity contribution in [2.24, 2.45) is 5.92 Å². The fourth-order valence-electron chi connectivity index (χ4n) is 2.75. The van der Waals surface area contributed by atoms with Gasteiger partial charge in [-0.2, -0.15) is 0 Å². The molecule has 1 fully saturated rings. The second kappa shape index (κ2) is 6.87. The average molecular weight is 376 g/mol. The van der Waals surface area contributed by atoms with Gasteiger partial charge in [0.2, 0.25) is 15.9 Å². The number of rotatable bonds is 4. The number of hydrogen-bond acceptors (Lipinski definition) is 4. The fourth-order valence-corrected chi connectivity index (χ4v) is 4.57. The third-order valence-corrected chi connectivity index (χ3v) is 5.99. The highest BCUT2D eigenvalue weighted by Crippen LogP contribution is 2.28. The number of hydrogen-bond donors (Lipinski definition) is 1. The van der Waals surface area contributed by atoms with Gasteiger partial charge in [0.15, 0.2) is 0 Å². The van der Waals surface area contributed by atoms with E-state index in [-0.39, 0.29) is 23.5 Å². The first-order chi connectivity index (χ1) is 12.3. The van der Waals surface area contributed by atoms with E-state index in [1.807, 2.05) is 0 Å². The molecule has 2 amide bonds. The molecule has 136 valence electrons. The molecule has 1 aliphatic heterocycles. The normalized spacial score (nSPS) is 18.8. The molecule has 0 bridgehead atoms. The summed E-state index contributed by atoms with van der Waals surface area (Å²) in [5.74, 6) is -2.14. The molecule has 1 saturated heterocycles. The summed E-state index contributed by atoms with van der Waals surface area (Å²) in [6.07, 6.45) is 0. The average Bonchev–Trinajstić information content (AvgIpc) is 2.81. The van der Waals surface area contributed by atoms with Gasteiger partial charge < -0.3 is 5.32 Å². The van der Waals surface area contributed by atoms with E-state index in [1.165, 1.54) is 30.3 Å². The van der Waals surface area contributed by atoms with E-state index >= 15 is 0 Å². The molecule has 0 unspecified atom stereocenters. The lowest BCUT2D eigenvalue weighted by atomic mass is 10.1. The number of sulfonamides is 1. The summed E-state index contributed by atoms with van der Waals surface area (Å²) < 4.78 is 38.5. The maximum absolute atomic E-state index is 13.6. The maximum atomic E-state index is 13.6. The van der Waals surface area contributed by atoms with Gasteiger partial charge in [0.25, 0.3) is 5.91 Å². The molecule has 2 aromatic carbocycles. The monoisotopic (exact) mass is 376 g/mol. The molecular formula is C18H17FN2O4S. The number of benzene rings is 2. The highest BCUT2D eigenvalue weighted by atomic mass is 32.2. The van der Waals surface area contributed by atoms with Gasteiger partial charge in [0.05, 0.1) is 17.4 Å². The first kappa shape index (κ1) is 18.1. The van der Waals surface area contributed by atoms with Crippen LogP contribution in [0.4, 0.5) is 10.1 Å². The molecule has 2 aromatic rings. The highest BCUT2D eigenvalue weighted by Gasteiger charge is 2.41. The maximum Gasteiger partial charge on any atom is 0.251 e. The van der Waals surface area contributed by atoms with Crippen LogP contribution >= 0.6 is 0 Å². The van der Waals surface area contributed by atoms with Crippen molar-refractivity contribution >= 4 is 27.5 Å². The second-order valence-electron chi connectivity index (χ2n) is 6.10. The van der Waals surface area contributed by atoms with Crippen LogP contribution in [0.1, 0.15) is 22.8 Å². The van der Waals surface area contributed by atoms with E-state index in [2.05, 4.69) is 5.32 Å². The van der Waals surface area contributed by atoms with Crippen molar-refractivity contribution in [1.82, 2.24) is 5.32 Å². The van der Waals surface area contributed by atoms with Crippen molar-refractivity contribution in [3.05, 3.63) is 65.5 Å². The summed E-state index contributed by atoms with van der Waals surface area (Å²) in [6, 6.07) is 11.8. The summed E-state index contributed by atoms with van der Waals surface area (Å²) in [4.78, 5) is 24.2. The van der Waals surface area contributed by atoms with Gasteiger partial charge >= 0.3 is 0 Å². The molecule has 1 atom stereocenters. The summed E-state index contributed by atoms with van der Waals surface area (Å²) in [5, 5.41) is 2.60. The largest absolute Gasteiger partial charge is 0.348 e. The molecule has 3 rings (SSSR count). The Morgan fingerprint density at radius 1 is 1.19 bits per heavy atom. The molecule has 0 spiro atoms. The number of anilines is 1. The lowest BCUT2D eigenvalue weighted by molar-refractivity contribution is -0.119. The van der Waals surface area contributed by atoms with Gasteiger partial charge in [-0.3, -0.25) is 9.59 Å². The van der Waals surface area contributed by atoms with Crippen LogP contribution in [-0.2, 0) is 21.4 Å². The highest BCUT2D eigenvalue weighted by molar-refractivity contribution is 7.94. The Labute approximate surface area is 150 Å². The minimum absolute atomic E-state index is 0.0315. The lowest BCUT2D eigenvalue weighted by Crippen LogP contribution is -2.30. The Hall–Kier alpha value is -2.74. The van der Waals surface area contributed by atoms with Crippen molar-refractivity contribution in [1.29, 1.82) is 0 Å². The molecule has 6 nitrogen and oxygen atoms in total. The number of carbonyl (C=O) groups is 2. The minimum Gasteiger partial charge on any atom is -0.348 e. The molecule has 0 aromatic heterocycles. The molecule has 0 aliphatic carbocycles. The van der Waals surface area contributed by atoms with Crippen LogP contribution in [0.25, 0.3) is 0 Å². The zero-order chi connectivity index (χ0) is 18.9. The van der Waals surface area contributed by atoms with Crippen LogP contribution in [0.3, 0.4) is 0 Å². The molecular weight excluding hydrogens is 359 g/mol. The molecule has 0 saturated carbocycles. The first-order valence-electron chi connectivity index (χ1n) is 7.98. The van der Waals surface area contributed by atoms with Gasteiger partial charge in [-0.05, 0) is 30.3 Å². The Balaban J connectivity index is 1.72. The lowest BCUT2D eigenvalue weighted by Gasteiger charge is -2.15. The Kier molecular flexibility index (Phi) is 4.78. The number of nitrogens with zero attached hydrogens (tertiary/aromatic N) is 1. The zero-order valence-corrected chi connectivity index (χ0v) is 14.8. The summed E-state index contributed by atoms with van der Waals surface area (Å²) in [5.41, 5.74) is 0.840. The van der Waals surface area contributed by atoms with Crippen molar-refractivity contribution in [2.75, 3.05) is 10.1 Å².